The van der Waals surface area contributed by atoms with E-state index in [1.54, 1.807) is 0 Å². The van der Waals surface area contributed by atoms with Gasteiger partial charge in [-0.25, -0.2) is 4.79 Å². The molecule has 2 atom stereocenters. The van der Waals surface area contributed by atoms with Crippen LogP contribution in [-0.2, 0) is 14.3 Å². The van der Waals surface area contributed by atoms with Crippen molar-refractivity contribution in [1.82, 2.24) is 5.32 Å². The molecule has 2 unspecified atom stereocenters. The van der Waals surface area contributed by atoms with Gasteiger partial charge in [-0.3, -0.25) is 4.79 Å². The lowest BCUT2D eigenvalue weighted by Crippen LogP contribution is -2.47. The molecule has 0 aliphatic heterocycles. The van der Waals surface area contributed by atoms with Crippen molar-refractivity contribution >= 4 is 11.9 Å². The highest BCUT2D eigenvalue weighted by Gasteiger charge is 2.24. The summed E-state index contributed by atoms with van der Waals surface area (Å²) in [5.41, 5.74) is 0. The Morgan fingerprint density at radius 1 is 1.38 bits per heavy atom. The fourth-order valence-corrected chi connectivity index (χ4v) is 1.05. The van der Waals surface area contributed by atoms with Crippen LogP contribution < -0.4 is 5.32 Å². The Hall–Kier alpha value is -1.14. The van der Waals surface area contributed by atoms with E-state index in [0.29, 0.717) is 6.61 Å². The normalized spacial score (nSPS) is 14.2. The summed E-state index contributed by atoms with van der Waals surface area (Å²) < 4.78 is 5.09. The van der Waals surface area contributed by atoms with Gasteiger partial charge < -0.3 is 20.3 Å². The first kappa shape index (κ1) is 14.9. The van der Waals surface area contributed by atoms with Crippen LogP contribution in [0.25, 0.3) is 0 Å². The standard InChI is InChI=1S/C10H19NO5/c1-3-5-16-6-4-8(13)11-9(7(2)12)10(14)15/h7,9,12H,3-6H2,1-2H3,(H,11,13)(H,14,15). The zero-order valence-electron chi connectivity index (χ0n) is 9.60. The summed E-state index contributed by atoms with van der Waals surface area (Å²) in [5, 5.41) is 20.0. The average molecular weight is 233 g/mol. The van der Waals surface area contributed by atoms with Crippen LogP contribution in [-0.4, -0.2) is 47.4 Å². The first-order valence-corrected chi connectivity index (χ1v) is 5.27. The molecule has 16 heavy (non-hydrogen) atoms. The van der Waals surface area contributed by atoms with E-state index in [4.69, 9.17) is 14.9 Å². The van der Waals surface area contributed by atoms with E-state index in [2.05, 4.69) is 5.32 Å². The van der Waals surface area contributed by atoms with Crippen LogP contribution in [0.1, 0.15) is 26.7 Å². The summed E-state index contributed by atoms with van der Waals surface area (Å²) in [4.78, 5) is 21.9. The second kappa shape index (κ2) is 8.06. The lowest BCUT2D eigenvalue weighted by atomic mass is 10.2. The van der Waals surface area contributed by atoms with Crippen LogP contribution >= 0.6 is 0 Å². The van der Waals surface area contributed by atoms with Crippen LogP contribution in [0.15, 0.2) is 0 Å². The van der Waals surface area contributed by atoms with Crippen LogP contribution in [0, 0.1) is 0 Å². The molecule has 0 rings (SSSR count). The molecule has 0 radical (unpaired) electrons. The summed E-state index contributed by atoms with van der Waals surface area (Å²) in [6, 6.07) is -1.27. The number of hydrogen-bond donors (Lipinski definition) is 3. The number of carbonyl (C=O) groups excluding carboxylic acids is 1. The molecule has 0 aromatic rings. The van der Waals surface area contributed by atoms with Crippen molar-refractivity contribution in [1.29, 1.82) is 0 Å². The molecule has 0 fully saturated rings. The number of aliphatic hydroxyl groups excluding tert-OH is 1. The minimum absolute atomic E-state index is 0.0937. The molecule has 0 spiro atoms. The van der Waals surface area contributed by atoms with Gasteiger partial charge in [-0.05, 0) is 13.3 Å². The van der Waals surface area contributed by atoms with Crippen LogP contribution in [0.5, 0.6) is 0 Å². The number of nitrogens with one attached hydrogen (secondary N) is 1. The second-order valence-corrected chi connectivity index (χ2v) is 3.49. The fourth-order valence-electron chi connectivity index (χ4n) is 1.05. The minimum atomic E-state index is -1.27. The molecule has 6 heteroatoms. The van der Waals surface area contributed by atoms with E-state index in [-0.39, 0.29) is 13.0 Å². The largest absolute Gasteiger partial charge is 0.480 e. The highest BCUT2D eigenvalue weighted by Crippen LogP contribution is 1.94. The average Bonchev–Trinajstić information content (AvgIpc) is 2.20. The second-order valence-electron chi connectivity index (χ2n) is 3.49. The highest BCUT2D eigenvalue weighted by molar-refractivity contribution is 5.83. The zero-order chi connectivity index (χ0) is 12.6. The van der Waals surface area contributed by atoms with Crippen molar-refractivity contribution in [3.05, 3.63) is 0 Å². The molecule has 3 N–H and O–H groups in total. The lowest BCUT2D eigenvalue weighted by molar-refractivity contribution is -0.144. The highest BCUT2D eigenvalue weighted by atomic mass is 16.5. The molecule has 0 saturated heterocycles. The molecular formula is C10H19NO5. The minimum Gasteiger partial charge on any atom is -0.480 e. The van der Waals surface area contributed by atoms with Gasteiger partial charge in [0.15, 0.2) is 6.04 Å². The van der Waals surface area contributed by atoms with Crippen molar-refractivity contribution in [3.8, 4) is 0 Å². The number of ether oxygens (including phenoxy) is 1. The maximum atomic E-state index is 11.3. The van der Waals surface area contributed by atoms with Gasteiger partial charge in [-0.15, -0.1) is 0 Å². The Kier molecular flexibility index (Phi) is 7.49. The maximum absolute atomic E-state index is 11.3. The Bertz CT molecular complexity index is 229. The number of aliphatic carboxylic acids is 1. The van der Waals surface area contributed by atoms with Gasteiger partial charge in [0.1, 0.15) is 0 Å². The molecule has 0 saturated carbocycles. The number of aliphatic hydroxyl groups is 1. The summed E-state index contributed by atoms with van der Waals surface area (Å²) in [7, 11) is 0. The topological polar surface area (TPSA) is 95.9 Å². The van der Waals surface area contributed by atoms with Gasteiger partial charge in [0.25, 0.3) is 0 Å². The van der Waals surface area contributed by atoms with E-state index in [9.17, 15) is 9.59 Å². The Morgan fingerprint density at radius 3 is 2.44 bits per heavy atom. The predicted octanol–water partition coefficient (Wildman–Crippen LogP) is -0.247. The molecular weight excluding hydrogens is 214 g/mol. The molecule has 1 amide bonds. The van der Waals surface area contributed by atoms with E-state index >= 15 is 0 Å². The SMILES string of the molecule is CCCOCCC(=O)NC(C(=O)O)C(C)O. The van der Waals surface area contributed by atoms with Crippen molar-refractivity contribution in [2.45, 2.75) is 38.8 Å². The number of rotatable bonds is 8. The van der Waals surface area contributed by atoms with Crippen LogP contribution in [0.3, 0.4) is 0 Å². The van der Waals surface area contributed by atoms with E-state index in [0.717, 1.165) is 6.42 Å². The van der Waals surface area contributed by atoms with Gasteiger partial charge in [-0.2, -0.15) is 0 Å². The molecule has 0 bridgehead atoms. The van der Waals surface area contributed by atoms with Crippen LogP contribution in [0.2, 0.25) is 0 Å². The molecule has 0 aliphatic carbocycles. The Balaban J connectivity index is 3.87. The first-order valence-electron chi connectivity index (χ1n) is 5.27. The fraction of sp³-hybridized carbons (Fsp3) is 0.800. The number of carboxylic acids is 1. The number of hydrogen-bond acceptors (Lipinski definition) is 4. The Labute approximate surface area is 94.6 Å². The van der Waals surface area contributed by atoms with Gasteiger partial charge in [0.05, 0.1) is 12.7 Å². The first-order chi connectivity index (χ1) is 7.49. The summed E-state index contributed by atoms with van der Waals surface area (Å²) in [6.07, 6.45) is -0.165. The van der Waals surface area contributed by atoms with Crippen molar-refractivity contribution in [3.63, 3.8) is 0 Å². The van der Waals surface area contributed by atoms with E-state index in [1.165, 1.54) is 6.92 Å². The molecule has 0 aromatic carbocycles. The maximum Gasteiger partial charge on any atom is 0.328 e. The van der Waals surface area contributed by atoms with Gasteiger partial charge in [0, 0.05) is 13.0 Å². The molecule has 6 nitrogen and oxygen atoms in total. The quantitative estimate of drug-likeness (QED) is 0.502. The van der Waals surface area contributed by atoms with E-state index < -0.39 is 24.0 Å². The zero-order valence-corrected chi connectivity index (χ0v) is 9.60. The number of amides is 1. The third-order valence-electron chi connectivity index (χ3n) is 1.89. The number of carboxylic acid groups (broad SMARTS) is 1. The van der Waals surface area contributed by atoms with Gasteiger partial charge >= 0.3 is 5.97 Å². The molecule has 0 aromatic heterocycles. The monoisotopic (exact) mass is 233 g/mol. The predicted molar refractivity (Wildman–Crippen MR) is 57.0 cm³/mol. The third kappa shape index (κ3) is 6.36. The van der Waals surface area contributed by atoms with Crippen molar-refractivity contribution < 1.29 is 24.5 Å². The third-order valence-corrected chi connectivity index (χ3v) is 1.89. The van der Waals surface area contributed by atoms with Gasteiger partial charge in [0.2, 0.25) is 5.91 Å². The molecule has 0 heterocycles. The Morgan fingerprint density at radius 2 is 2.00 bits per heavy atom. The van der Waals surface area contributed by atoms with Crippen LogP contribution in [0.4, 0.5) is 0 Å². The molecule has 94 valence electrons. The summed E-state index contributed by atoms with van der Waals surface area (Å²) in [5.74, 6) is -1.69. The van der Waals surface area contributed by atoms with Crippen molar-refractivity contribution in [2.75, 3.05) is 13.2 Å². The summed E-state index contributed by atoms with van der Waals surface area (Å²) in [6.45, 7) is 4.10. The van der Waals surface area contributed by atoms with Gasteiger partial charge in [-0.1, -0.05) is 6.92 Å². The lowest BCUT2D eigenvalue weighted by Gasteiger charge is -2.16. The summed E-state index contributed by atoms with van der Waals surface area (Å²) >= 11 is 0. The van der Waals surface area contributed by atoms with Crippen molar-refractivity contribution in [2.24, 2.45) is 0 Å². The smallest absolute Gasteiger partial charge is 0.328 e. The molecule has 0 aliphatic rings. The number of carbonyl (C=O) groups is 2. The van der Waals surface area contributed by atoms with E-state index in [1.807, 2.05) is 6.92 Å².